The van der Waals surface area contributed by atoms with Gasteiger partial charge < -0.3 is 15.0 Å². The third-order valence-corrected chi connectivity index (χ3v) is 3.95. The van der Waals surface area contributed by atoms with Crippen molar-refractivity contribution in [2.75, 3.05) is 13.1 Å². The highest BCUT2D eigenvalue weighted by Gasteiger charge is 2.34. The van der Waals surface area contributed by atoms with Gasteiger partial charge in [0.05, 0.1) is 4.92 Å². The smallest absolute Gasteiger partial charge is 0.410 e. The van der Waals surface area contributed by atoms with Crippen LogP contribution in [-0.2, 0) is 4.74 Å². The molecular weight excluding hydrogens is 310 g/mol. The van der Waals surface area contributed by atoms with Gasteiger partial charge in [0, 0.05) is 36.8 Å². The highest BCUT2D eigenvalue weighted by Crippen LogP contribution is 2.24. The largest absolute Gasteiger partial charge is 0.444 e. The Morgan fingerprint density at radius 2 is 2.04 bits per heavy atom. The molecule has 1 fully saturated rings. The summed E-state index contributed by atoms with van der Waals surface area (Å²) in [6.07, 6.45) is -0.306. The predicted molar refractivity (Wildman–Crippen MR) is 91.0 cm³/mol. The molecule has 1 atom stereocenters. The van der Waals surface area contributed by atoms with E-state index < -0.39 is 5.60 Å². The Balaban J connectivity index is 1.89. The number of nitrogens with zero attached hydrogens (tertiary/aromatic N) is 2. The van der Waals surface area contributed by atoms with Gasteiger partial charge in [-0.1, -0.05) is 12.1 Å². The number of nitrogens with one attached hydrogen (secondary N) is 1. The van der Waals surface area contributed by atoms with Gasteiger partial charge in [-0.25, -0.2) is 4.79 Å². The summed E-state index contributed by atoms with van der Waals surface area (Å²) in [6, 6.07) is 5.39. The third kappa shape index (κ3) is 4.44. The van der Waals surface area contributed by atoms with Gasteiger partial charge in [-0.15, -0.1) is 0 Å². The molecule has 1 N–H and O–H groups in total. The van der Waals surface area contributed by atoms with Crippen LogP contribution in [0.3, 0.4) is 0 Å². The maximum atomic E-state index is 11.9. The zero-order valence-electron chi connectivity index (χ0n) is 14.8. The van der Waals surface area contributed by atoms with Crippen molar-refractivity contribution in [2.24, 2.45) is 0 Å². The average Bonchev–Trinajstić information content (AvgIpc) is 2.40. The van der Waals surface area contributed by atoms with Gasteiger partial charge in [-0.3, -0.25) is 10.1 Å². The molecule has 7 heteroatoms. The molecule has 2 rings (SSSR count). The number of nitro groups is 1. The third-order valence-electron chi connectivity index (χ3n) is 3.95. The Morgan fingerprint density at radius 1 is 1.42 bits per heavy atom. The minimum atomic E-state index is -0.496. The van der Waals surface area contributed by atoms with E-state index in [1.54, 1.807) is 24.0 Å². The lowest BCUT2D eigenvalue weighted by Crippen LogP contribution is -2.60. The molecule has 0 bridgehead atoms. The number of hydrogen-bond donors (Lipinski definition) is 1. The van der Waals surface area contributed by atoms with Crippen LogP contribution >= 0.6 is 0 Å². The summed E-state index contributed by atoms with van der Waals surface area (Å²) in [7, 11) is 0. The molecule has 1 amide bonds. The number of carbonyl (C=O) groups is 1. The molecule has 132 valence electrons. The Kier molecular flexibility index (Phi) is 5.13. The topological polar surface area (TPSA) is 84.7 Å². The molecule has 1 aliphatic heterocycles. The molecule has 1 saturated heterocycles. The number of aryl methyl sites for hydroxylation is 1. The average molecular weight is 335 g/mol. The van der Waals surface area contributed by atoms with E-state index in [0.717, 1.165) is 5.56 Å². The van der Waals surface area contributed by atoms with E-state index in [0.29, 0.717) is 18.7 Å². The van der Waals surface area contributed by atoms with Gasteiger partial charge in [-0.2, -0.15) is 0 Å². The van der Waals surface area contributed by atoms with Crippen LogP contribution in [0.1, 0.15) is 44.9 Å². The summed E-state index contributed by atoms with van der Waals surface area (Å²) in [6.45, 7) is 10.4. The molecule has 0 radical (unpaired) electrons. The van der Waals surface area contributed by atoms with Crippen molar-refractivity contribution >= 4 is 11.8 Å². The minimum absolute atomic E-state index is 0.0323. The van der Waals surface area contributed by atoms with E-state index in [1.165, 1.54) is 0 Å². The van der Waals surface area contributed by atoms with E-state index in [2.05, 4.69) is 5.32 Å². The summed E-state index contributed by atoms with van der Waals surface area (Å²) >= 11 is 0. The van der Waals surface area contributed by atoms with Crippen molar-refractivity contribution in [2.45, 2.75) is 52.3 Å². The first kappa shape index (κ1) is 18.2. The number of benzene rings is 1. The molecule has 1 unspecified atom stereocenters. The zero-order chi connectivity index (χ0) is 18.1. The lowest BCUT2D eigenvalue weighted by molar-refractivity contribution is -0.385. The van der Waals surface area contributed by atoms with E-state index in [9.17, 15) is 14.9 Å². The maximum Gasteiger partial charge on any atom is 0.410 e. The molecule has 1 aromatic carbocycles. The van der Waals surface area contributed by atoms with Crippen LogP contribution in [0.5, 0.6) is 0 Å². The Hall–Kier alpha value is -2.15. The molecule has 0 spiro atoms. The van der Waals surface area contributed by atoms with E-state index in [4.69, 9.17) is 4.74 Å². The highest BCUT2D eigenvalue weighted by atomic mass is 16.6. The number of likely N-dealkylation sites (tertiary alicyclic amines) is 1. The van der Waals surface area contributed by atoms with Gasteiger partial charge in [0.25, 0.3) is 5.69 Å². The summed E-state index contributed by atoms with van der Waals surface area (Å²) in [5.74, 6) is 0. The zero-order valence-corrected chi connectivity index (χ0v) is 14.8. The Morgan fingerprint density at radius 3 is 2.58 bits per heavy atom. The van der Waals surface area contributed by atoms with Crippen molar-refractivity contribution in [3.8, 4) is 0 Å². The molecule has 1 aromatic rings. The standard InChI is InChI=1S/C17H25N3O4/c1-11-6-7-13(8-15(11)20(22)23)12(2)18-14-9-19(10-14)16(21)24-17(3,4)5/h6-8,12,14,18H,9-10H2,1-5H3. The van der Waals surface area contributed by atoms with Crippen molar-refractivity contribution in [3.63, 3.8) is 0 Å². The van der Waals surface area contributed by atoms with Crippen LogP contribution in [0.4, 0.5) is 10.5 Å². The molecule has 0 aromatic heterocycles. The summed E-state index contributed by atoms with van der Waals surface area (Å²) < 4.78 is 5.32. The first-order valence-corrected chi connectivity index (χ1v) is 8.06. The molecule has 1 aliphatic rings. The van der Waals surface area contributed by atoms with Gasteiger partial charge in [0.15, 0.2) is 0 Å². The first-order chi connectivity index (χ1) is 11.1. The number of nitro benzene ring substituents is 1. The monoisotopic (exact) mass is 335 g/mol. The van der Waals surface area contributed by atoms with E-state index in [-0.39, 0.29) is 28.8 Å². The van der Waals surface area contributed by atoms with Gasteiger partial charge >= 0.3 is 6.09 Å². The number of ether oxygens (including phenoxy) is 1. The fraction of sp³-hybridized carbons (Fsp3) is 0.588. The Bertz CT molecular complexity index is 633. The van der Waals surface area contributed by atoms with Crippen LogP contribution in [0.25, 0.3) is 0 Å². The minimum Gasteiger partial charge on any atom is -0.444 e. The number of amides is 1. The second kappa shape index (κ2) is 6.76. The molecule has 24 heavy (non-hydrogen) atoms. The maximum absolute atomic E-state index is 11.9. The Labute approximate surface area is 142 Å². The fourth-order valence-electron chi connectivity index (χ4n) is 2.60. The van der Waals surface area contributed by atoms with Crippen molar-refractivity contribution < 1.29 is 14.5 Å². The van der Waals surface area contributed by atoms with Crippen molar-refractivity contribution in [1.82, 2.24) is 10.2 Å². The van der Waals surface area contributed by atoms with Crippen LogP contribution < -0.4 is 5.32 Å². The summed E-state index contributed by atoms with van der Waals surface area (Å²) in [5, 5.41) is 14.4. The SMILES string of the molecule is Cc1ccc(C(C)NC2CN(C(=O)OC(C)(C)C)C2)cc1[N+](=O)[O-]. The normalized spacial score (nSPS) is 16.5. The number of rotatable bonds is 4. The van der Waals surface area contributed by atoms with Crippen LogP contribution in [0, 0.1) is 17.0 Å². The summed E-state index contributed by atoms with van der Waals surface area (Å²) in [4.78, 5) is 24.2. The molecule has 0 saturated carbocycles. The number of hydrogen-bond acceptors (Lipinski definition) is 5. The predicted octanol–water partition coefficient (Wildman–Crippen LogP) is 3.17. The molecular formula is C17H25N3O4. The van der Waals surface area contributed by atoms with Crippen LogP contribution in [-0.4, -0.2) is 40.6 Å². The van der Waals surface area contributed by atoms with Gasteiger partial charge in [-0.05, 0) is 40.2 Å². The van der Waals surface area contributed by atoms with Crippen LogP contribution in [0.2, 0.25) is 0 Å². The second-order valence-corrected chi connectivity index (χ2v) is 7.27. The molecule has 7 nitrogen and oxygen atoms in total. The highest BCUT2D eigenvalue weighted by molar-refractivity contribution is 5.69. The fourth-order valence-corrected chi connectivity index (χ4v) is 2.60. The lowest BCUT2D eigenvalue weighted by Gasteiger charge is -2.41. The molecule has 0 aliphatic carbocycles. The van der Waals surface area contributed by atoms with Gasteiger partial charge in [0.1, 0.15) is 5.60 Å². The summed E-state index contributed by atoms with van der Waals surface area (Å²) in [5.41, 5.74) is 1.15. The number of carbonyl (C=O) groups excluding carboxylic acids is 1. The quantitative estimate of drug-likeness (QED) is 0.675. The van der Waals surface area contributed by atoms with Crippen molar-refractivity contribution in [3.05, 3.63) is 39.4 Å². The van der Waals surface area contributed by atoms with Crippen LogP contribution in [0.15, 0.2) is 18.2 Å². The molecule has 1 heterocycles. The van der Waals surface area contributed by atoms with Gasteiger partial charge in [0.2, 0.25) is 0 Å². The van der Waals surface area contributed by atoms with E-state index in [1.807, 2.05) is 33.8 Å². The lowest BCUT2D eigenvalue weighted by atomic mass is 10.0. The second-order valence-electron chi connectivity index (χ2n) is 7.27. The first-order valence-electron chi connectivity index (χ1n) is 8.06. The van der Waals surface area contributed by atoms with E-state index >= 15 is 0 Å². The van der Waals surface area contributed by atoms with Crippen molar-refractivity contribution in [1.29, 1.82) is 0 Å².